The minimum absolute atomic E-state index is 0.433. The van der Waals surface area contributed by atoms with E-state index in [-0.39, 0.29) is 0 Å². The van der Waals surface area contributed by atoms with Crippen LogP contribution < -0.4 is 10.2 Å². The third-order valence-corrected chi connectivity index (χ3v) is 5.15. The summed E-state index contributed by atoms with van der Waals surface area (Å²) in [7, 11) is 2.09. The van der Waals surface area contributed by atoms with Crippen molar-refractivity contribution in [2.45, 2.75) is 45.7 Å². The summed E-state index contributed by atoms with van der Waals surface area (Å²) in [5.74, 6) is 1.95. The van der Waals surface area contributed by atoms with Gasteiger partial charge in [0.05, 0.1) is 18.3 Å². The minimum atomic E-state index is 0.433. The van der Waals surface area contributed by atoms with E-state index in [2.05, 4.69) is 24.2 Å². The van der Waals surface area contributed by atoms with Gasteiger partial charge in [0.1, 0.15) is 11.5 Å². The molecular formula is C16H23N3OS. The molecule has 0 amide bonds. The van der Waals surface area contributed by atoms with Crippen molar-refractivity contribution in [2.75, 3.05) is 18.5 Å². The Bertz CT molecular complexity index is 604. The first-order valence-corrected chi connectivity index (χ1v) is 8.48. The maximum absolute atomic E-state index is 5.66. The number of hydrogen-bond donors (Lipinski definition) is 1. The lowest BCUT2D eigenvalue weighted by Gasteiger charge is -2.21. The number of hydrogen-bond acceptors (Lipinski definition) is 5. The number of aromatic nitrogens is 1. The molecule has 0 radical (unpaired) electrons. The SMILES string of the molecule is CCNC1CCCc2sc(N(C)Cc3ccc(C)o3)nc21. The Morgan fingerprint density at radius 1 is 1.48 bits per heavy atom. The van der Waals surface area contributed by atoms with Crippen molar-refractivity contribution in [3.63, 3.8) is 0 Å². The fourth-order valence-electron chi connectivity index (χ4n) is 2.89. The van der Waals surface area contributed by atoms with Gasteiger partial charge in [0.25, 0.3) is 0 Å². The summed E-state index contributed by atoms with van der Waals surface area (Å²) in [5, 5.41) is 4.65. The maximum Gasteiger partial charge on any atom is 0.185 e. The molecule has 0 saturated carbocycles. The van der Waals surface area contributed by atoms with Gasteiger partial charge in [0, 0.05) is 11.9 Å². The average molecular weight is 305 g/mol. The molecule has 0 aliphatic heterocycles. The van der Waals surface area contributed by atoms with Crippen LogP contribution >= 0.6 is 11.3 Å². The molecule has 1 aliphatic rings. The summed E-state index contributed by atoms with van der Waals surface area (Å²) in [6.45, 7) is 5.91. The Morgan fingerprint density at radius 3 is 3.05 bits per heavy atom. The van der Waals surface area contributed by atoms with E-state index < -0.39 is 0 Å². The molecule has 2 aromatic rings. The average Bonchev–Trinajstić information content (AvgIpc) is 3.06. The molecule has 0 aromatic carbocycles. The maximum atomic E-state index is 5.66. The van der Waals surface area contributed by atoms with E-state index in [9.17, 15) is 0 Å². The zero-order valence-electron chi connectivity index (χ0n) is 13.0. The van der Waals surface area contributed by atoms with Crippen LogP contribution in [0.5, 0.6) is 0 Å². The molecule has 1 unspecified atom stereocenters. The molecule has 3 rings (SSSR count). The molecule has 1 aliphatic carbocycles. The van der Waals surface area contributed by atoms with Gasteiger partial charge in [0.15, 0.2) is 5.13 Å². The zero-order valence-corrected chi connectivity index (χ0v) is 13.8. The highest BCUT2D eigenvalue weighted by atomic mass is 32.1. The van der Waals surface area contributed by atoms with Crippen molar-refractivity contribution in [1.82, 2.24) is 10.3 Å². The quantitative estimate of drug-likeness (QED) is 0.915. The van der Waals surface area contributed by atoms with Gasteiger partial charge in [-0.2, -0.15) is 0 Å². The van der Waals surface area contributed by atoms with Crippen molar-refractivity contribution in [3.8, 4) is 0 Å². The van der Waals surface area contributed by atoms with Crippen molar-refractivity contribution in [3.05, 3.63) is 34.2 Å². The van der Waals surface area contributed by atoms with Crippen molar-refractivity contribution in [2.24, 2.45) is 0 Å². The van der Waals surface area contributed by atoms with Crippen molar-refractivity contribution in [1.29, 1.82) is 0 Å². The molecule has 1 N–H and O–H groups in total. The van der Waals surface area contributed by atoms with Crippen LogP contribution in [0.25, 0.3) is 0 Å². The summed E-state index contributed by atoms with van der Waals surface area (Å²) < 4.78 is 5.66. The lowest BCUT2D eigenvalue weighted by Crippen LogP contribution is -2.24. The van der Waals surface area contributed by atoms with Gasteiger partial charge in [-0.15, -0.1) is 11.3 Å². The number of rotatable bonds is 5. The van der Waals surface area contributed by atoms with Gasteiger partial charge < -0.3 is 14.6 Å². The minimum Gasteiger partial charge on any atom is -0.464 e. The summed E-state index contributed by atoms with van der Waals surface area (Å²) in [6, 6.07) is 4.49. The highest BCUT2D eigenvalue weighted by molar-refractivity contribution is 7.15. The van der Waals surface area contributed by atoms with Crippen LogP contribution in [0.3, 0.4) is 0 Å². The zero-order chi connectivity index (χ0) is 14.8. The predicted octanol–water partition coefficient (Wildman–Crippen LogP) is 3.67. The number of aryl methyl sites for hydroxylation is 2. The van der Waals surface area contributed by atoms with Crippen LogP contribution in [-0.4, -0.2) is 18.6 Å². The van der Waals surface area contributed by atoms with E-state index in [1.807, 2.05) is 30.4 Å². The van der Waals surface area contributed by atoms with E-state index in [1.165, 1.54) is 29.8 Å². The number of nitrogens with zero attached hydrogens (tertiary/aromatic N) is 2. The van der Waals surface area contributed by atoms with Crippen LogP contribution in [0.4, 0.5) is 5.13 Å². The number of fused-ring (bicyclic) bond motifs is 1. The number of thiazole rings is 1. The lowest BCUT2D eigenvalue weighted by atomic mass is 9.98. The topological polar surface area (TPSA) is 41.3 Å². The van der Waals surface area contributed by atoms with Gasteiger partial charge in [-0.1, -0.05) is 6.92 Å². The second-order valence-electron chi connectivity index (χ2n) is 5.68. The molecule has 4 nitrogen and oxygen atoms in total. The van der Waals surface area contributed by atoms with Crippen LogP contribution in [0, 0.1) is 6.92 Å². The molecule has 2 heterocycles. The predicted molar refractivity (Wildman–Crippen MR) is 87.0 cm³/mol. The third-order valence-electron chi connectivity index (χ3n) is 3.91. The van der Waals surface area contributed by atoms with Crippen molar-refractivity contribution >= 4 is 16.5 Å². The lowest BCUT2D eigenvalue weighted by molar-refractivity contribution is 0.464. The first-order valence-electron chi connectivity index (χ1n) is 7.66. The van der Waals surface area contributed by atoms with E-state index in [0.29, 0.717) is 6.04 Å². The highest BCUT2D eigenvalue weighted by Crippen LogP contribution is 2.36. The van der Waals surface area contributed by atoms with Crippen LogP contribution in [0.2, 0.25) is 0 Å². The highest BCUT2D eigenvalue weighted by Gasteiger charge is 2.25. The van der Waals surface area contributed by atoms with Gasteiger partial charge in [0.2, 0.25) is 0 Å². The Labute approximate surface area is 130 Å². The molecule has 0 saturated heterocycles. The first kappa shape index (κ1) is 14.6. The molecule has 21 heavy (non-hydrogen) atoms. The van der Waals surface area contributed by atoms with Crippen LogP contribution in [0.1, 0.15) is 47.9 Å². The normalized spacial score (nSPS) is 17.8. The summed E-state index contributed by atoms with van der Waals surface area (Å²) in [5.41, 5.74) is 1.27. The monoisotopic (exact) mass is 305 g/mol. The van der Waals surface area contributed by atoms with E-state index in [0.717, 1.165) is 29.7 Å². The number of nitrogens with one attached hydrogen (secondary N) is 1. The number of anilines is 1. The number of furan rings is 1. The summed E-state index contributed by atoms with van der Waals surface area (Å²) in [6.07, 6.45) is 3.63. The van der Waals surface area contributed by atoms with Crippen LogP contribution in [-0.2, 0) is 13.0 Å². The van der Waals surface area contributed by atoms with E-state index in [1.54, 1.807) is 0 Å². The molecule has 114 valence electrons. The Kier molecular flexibility index (Phi) is 4.31. The Balaban J connectivity index is 1.76. The van der Waals surface area contributed by atoms with Gasteiger partial charge in [-0.3, -0.25) is 0 Å². The molecule has 0 bridgehead atoms. The largest absolute Gasteiger partial charge is 0.464 e. The molecule has 2 aromatic heterocycles. The third kappa shape index (κ3) is 3.14. The second-order valence-corrected chi connectivity index (χ2v) is 6.74. The van der Waals surface area contributed by atoms with Gasteiger partial charge >= 0.3 is 0 Å². The van der Waals surface area contributed by atoms with Gasteiger partial charge in [-0.05, 0) is 44.9 Å². The Morgan fingerprint density at radius 2 is 2.33 bits per heavy atom. The molecule has 5 heteroatoms. The second kappa shape index (κ2) is 6.20. The van der Waals surface area contributed by atoms with Crippen molar-refractivity contribution < 1.29 is 4.42 Å². The summed E-state index contributed by atoms with van der Waals surface area (Å²) in [4.78, 5) is 8.53. The first-order chi connectivity index (χ1) is 10.2. The molecular weight excluding hydrogens is 282 g/mol. The fraction of sp³-hybridized carbons (Fsp3) is 0.562. The van der Waals surface area contributed by atoms with E-state index >= 15 is 0 Å². The molecule has 0 spiro atoms. The molecule has 0 fully saturated rings. The van der Waals surface area contributed by atoms with Crippen LogP contribution in [0.15, 0.2) is 16.5 Å². The van der Waals surface area contributed by atoms with E-state index in [4.69, 9.17) is 9.40 Å². The van der Waals surface area contributed by atoms with Gasteiger partial charge in [-0.25, -0.2) is 4.98 Å². The smallest absolute Gasteiger partial charge is 0.185 e. The fourth-order valence-corrected chi connectivity index (χ4v) is 4.01. The molecule has 1 atom stereocenters. The summed E-state index contributed by atoms with van der Waals surface area (Å²) >= 11 is 1.83. The Hall–Kier alpha value is -1.33. The standard InChI is InChI=1S/C16H23N3OS/c1-4-17-13-6-5-7-14-15(13)18-16(21-14)19(3)10-12-9-8-11(2)20-12/h8-9,13,17H,4-7,10H2,1-3H3.